The Morgan fingerprint density at radius 3 is 2.83 bits per heavy atom. The van der Waals surface area contributed by atoms with Gasteiger partial charge in [-0.2, -0.15) is 0 Å². The van der Waals surface area contributed by atoms with Crippen molar-refractivity contribution in [3.8, 4) is 0 Å². The lowest BCUT2D eigenvalue weighted by Crippen LogP contribution is -2.37. The fraction of sp³-hybridized carbons (Fsp3) is 0.727. The van der Waals surface area contributed by atoms with Crippen LogP contribution in [0.1, 0.15) is 19.7 Å². The molecule has 7 heteroatoms. The number of aromatic nitrogens is 2. The molecule has 0 aromatic carbocycles. The van der Waals surface area contributed by atoms with Gasteiger partial charge in [-0.15, -0.1) is 5.10 Å². The predicted molar refractivity (Wildman–Crippen MR) is 68.2 cm³/mol. The third-order valence-electron chi connectivity index (χ3n) is 2.23. The summed E-state index contributed by atoms with van der Waals surface area (Å²) < 4.78 is 5.36. The van der Waals surface area contributed by atoms with Gasteiger partial charge in [0.15, 0.2) is 0 Å². The quantitative estimate of drug-likeness (QED) is 0.699. The monoisotopic (exact) mass is 255 g/mol. The van der Waals surface area contributed by atoms with Crippen molar-refractivity contribution in [3.63, 3.8) is 0 Å². The van der Waals surface area contributed by atoms with E-state index < -0.39 is 0 Å². The largest absolute Gasteiger partial charge is 0.408 e. The maximum Gasteiger partial charge on any atom is 0.318 e. The van der Waals surface area contributed by atoms with Crippen LogP contribution in [0, 0.1) is 5.92 Å². The second-order valence-electron chi connectivity index (χ2n) is 4.57. The number of anilines is 1. The van der Waals surface area contributed by atoms with Gasteiger partial charge in [-0.25, -0.2) is 0 Å². The van der Waals surface area contributed by atoms with Crippen molar-refractivity contribution < 1.29 is 9.21 Å². The Labute approximate surface area is 107 Å². The fourth-order valence-corrected chi connectivity index (χ4v) is 1.28. The number of nitrogens with two attached hydrogens (primary N) is 1. The van der Waals surface area contributed by atoms with Gasteiger partial charge in [0.25, 0.3) is 0 Å². The third-order valence-corrected chi connectivity index (χ3v) is 2.23. The van der Waals surface area contributed by atoms with Gasteiger partial charge in [-0.1, -0.05) is 18.9 Å². The Hall–Kier alpha value is -1.63. The molecule has 1 amide bonds. The van der Waals surface area contributed by atoms with Crippen LogP contribution in [0.4, 0.5) is 6.01 Å². The second-order valence-corrected chi connectivity index (χ2v) is 4.57. The molecule has 0 saturated heterocycles. The lowest BCUT2D eigenvalue weighted by atomic mass is 10.2. The molecule has 0 fully saturated rings. The molecule has 1 aromatic rings. The third kappa shape index (κ3) is 4.70. The summed E-state index contributed by atoms with van der Waals surface area (Å²) in [6, 6.07) is 0.332. The van der Waals surface area contributed by atoms with Crippen molar-refractivity contribution in [3.05, 3.63) is 5.89 Å². The Morgan fingerprint density at radius 2 is 2.22 bits per heavy atom. The first kappa shape index (κ1) is 14.4. The Bertz CT molecular complexity index is 377. The van der Waals surface area contributed by atoms with Crippen LogP contribution < -0.4 is 16.0 Å². The van der Waals surface area contributed by atoms with Crippen molar-refractivity contribution in [2.75, 3.05) is 31.6 Å². The fourth-order valence-electron chi connectivity index (χ4n) is 1.28. The van der Waals surface area contributed by atoms with Gasteiger partial charge < -0.3 is 20.4 Å². The number of likely N-dealkylation sites (N-methyl/N-ethyl adjacent to an activating group) is 1. The van der Waals surface area contributed by atoms with Crippen LogP contribution in [-0.4, -0.2) is 42.8 Å². The molecule has 0 bridgehead atoms. The Balaban J connectivity index is 2.43. The average molecular weight is 255 g/mol. The molecule has 0 radical (unpaired) electrons. The normalized spacial score (nSPS) is 10.7. The number of carbonyl (C=O) groups is 1. The molecule has 1 rings (SSSR count). The zero-order valence-electron chi connectivity index (χ0n) is 11.1. The smallest absolute Gasteiger partial charge is 0.318 e. The van der Waals surface area contributed by atoms with E-state index in [1.807, 2.05) is 13.8 Å². The van der Waals surface area contributed by atoms with E-state index in [1.165, 1.54) is 0 Å². The number of nitrogens with one attached hydrogen (secondary N) is 1. The number of amides is 1. The summed E-state index contributed by atoms with van der Waals surface area (Å²) in [5, 5.41) is 10.5. The van der Waals surface area contributed by atoms with Crippen LogP contribution in [0.25, 0.3) is 0 Å². The van der Waals surface area contributed by atoms with E-state index in [1.54, 1.807) is 11.9 Å². The molecule has 1 heterocycles. The molecular weight excluding hydrogens is 234 g/mol. The molecule has 0 aliphatic carbocycles. The van der Waals surface area contributed by atoms with Gasteiger partial charge in [0.1, 0.15) is 6.54 Å². The van der Waals surface area contributed by atoms with E-state index in [0.717, 1.165) is 0 Å². The average Bonchev–Trinajstić information content (AvgIpc) is 2.75. The van der Waals surface area contributed by atoms with Crippen LogP contribution in [0.15, 0.2) is 4.42 Å². The lowest BCUT2D eigenvalue weighted by molar-refractivity contribution is -0.119. The summed E-state index contributed by atoms with van der Waals surface area (Å²) in [6.07, 6.45) is 0.542. The summed E-state index contributed by atoms with van der Waals surface area (Å²) in [5.41, 5.74) is 5.39. The van der Waals surface area contributed by atoms with Gasteiger partial charge in [-0.3, -0.25) is 4.79 Å². The molecule has 102 valence electrons. The number of nitrogens with zero attached hydrogens (tertiary/aromatic N) is 3. The molecule has 3 N–H and O–H groups in total. The Morgan fingerprint density at radius 1 is 1.50 bits per heavy atom. The summed E-state index contributed by atoms with van der Waals surface area (Å²) >= 11 is 0. The SMILES string of the molecule is CC(C)CNC(=O)CN(C)c1nnc(CCN)o1. The van der Waals surface area contributed by atoms with E-state index in [-0.39, 0.29) is 12.5 Å². The molecule has 0 unspecified atom stereocenters. The summed E-state index contributed by atoms with van der Waals surface area (Å²) in [4.78, 5) is 13.2. The van der Waals surface area contributed by atoms with Gasteiger partial charge >= 0.3 is 6.01 Å². The van der Waals surface area contributed by atoms with E-state index in [0.29, 0.717) is 37.3 Å². The standard InChI is InChI=1S/C11H21N5O2/c1-8(2)6-13-9(17)7-16(3)11-15-14-10(18-11)4-5-12/h8H,4-7,12H2,1-3H3,(H,13,17). The molecule has 18 heavy (non-hydrogen) atoms. The molecule has 0 atom stereocenters. The number of carbonyl (C=O) groups excluding carboxylic acids is 1. The molecule has 0 spiro atoms. The molecular formula is C11H21N5O2. The van der Waals surface area contributed by atoms with E-state index in [2.05, 4.69) is 15.5 Å². The van der Waals surface area contributed by atoms with Gasteiger partial charge in [0, 0.05) is 26.6 Å². The van der Waals surface area contributed by atoms with Crippen molar-refractivity contribution in [1.82, 2.24) is 15.5 Å². The zero-order valence-corrected chi connectivity index (χ0v) is 11.1. The molecule has 7 nitrogen and oxygen atoms in total. The molecule has 0 aliphatic rings. The van der Waals surface area contributed by atoms with E-state index >= 15 is 0 Å². The van der Waals surface area contributed by atoms with E-state index in [4.69, 9.17) is 10.2 Å². The van der Waals surface area contributed by atoms with Crippen LogP contribution in [0.2, 0.25) is 0 Å². The molecule has 1 aromatic heterocycles. The number of hydrogen-bond donors (Lipinski definition) is 2. The molecule has 0 saturated carbocycles. The highest BCUT2D eigenvalue weighted by Crippen LogP contribution is 2.09. The lowest BCUT2D eigenvalue weighted by Gasteiger charge is -2.14. The highest BCUT2D eigenvalue weighted by Gasteiger charge is 2.13. The minimum absolute atomic E-state index is 0.0650. The minimum Gasteiger partial charge on any atom is -0.408 e. The van der Waals surface area contributed by atoms with E-state index in [9.17, 15) is 4.79 Å². The highest BCUT2D eigenvalue weighted by molar-refractivity contribution is 5.80. The number of rotatable bonds is 7. The van der Waals surface area contributed by atoms with Crippen molar-refractivity contribution in [2.45, 2.75) is 20.3 Å². The summed E-state index contributed by atoms with van der Waals surface area (Å²) in [7, 11) is 1.73. The zero-order chi connectivity index (χ0) is 13.5. The maximum atomic E-state index is 11.6. The summed E-state index contributed by atoms with van der Waals surface area (Å²) in [6.45, 7) is 5.40. The first-order chi connectivity index (χ1) is 8.52. The number of hydrogen-bond acceptors (Lipinski definition) is 6. The van der Waals surface area contributed by atoms with Crippen LogP contribution in [-0.2, 0) is 11.2 Å². The van der Waals surface area contributed by atoms with Crippen molar-refractivity contribution >= 4 is 11.9 Å². The second kappa shape index (κ2) is 6.95. The van der Waals surface area contributed by atoms with Crippen LogP contribution in [0.3, 0.4) is 0 Å². The highest BCUT2D eigenvalue weighted by atomic mass is 16.4. The van der Waals surface area contributed by atoms with Crippen LogP contribution >= 0.6 is 0 Å². The summed E-state index contributed by atoms with van der Waals surface area (Å²) in [5.74, 6) is 0.852. The van der Waals surface area contributed by atoms with Gasteiger partial charge in [0.05, 0.1) is 0 Å². The first-order valence-electron chi connectivity index (χ1n) is 6.03. The Kier molecular flexibility index (Phi) is 5.57. The minimum atomic E-state index is -0.0650. The maximum absolute atomic E-state index is 11.6. The van der Waals surface area contributed by atoms with Crippen LogP contribution in [0.5, 0.6) is 0 Å². The topological polar surface area (TPSA) is 97.3 Å². The van der Waals surface area contributed by atoms with Crippen molar-refractivity contribution in [1.29, 1.82) is 0 Å². The van der Waals surface area contributed by atoms with Crippen molar-refractivity contribution in [2.24, 2.45) is 11.7 Å². The molecule has 0 aliphatic heterocycles. The van der Waals surface area contributed by atoms with Gasteiger partial charge in [-0.05, 0) is 5.92 Å². The first-order valence-corrected chi connectivity index (χ1v) is 6.03. The predicted octanol–water partition coefficient (Wildman–Crippen LogP) is -0.221. The van der Waals surface area contributed by atoms with Gasteiger partial charge in [0.2, 0.25) is 11.8 Å².